The molecule has 0 bridgehead atoms. The van der Waals surface area contributed by atoms with Gasteiger partial charge in [-0.25, -0.2) is 9.47 Å². The third kappa shape index (κ3) is 2.49. The number of carbonyl (C=O) groups is 1. The van der Waals surface area contributed by atoms with Gasteiger partial charge < -0.3 is 0 Å². The fourth-order valence-corrected chi connectivity index (χ4v) is 1.27. The molecule has 2 N–H and O–H groups in total. The van der Waals surface area contributed by atoms with Gasteiger partial charge in [0.05, 0.1) is 0 Å². The van der Waals surface area contributed by atoms with E-state index in [-0.39, 0.29) is 0 Å². The molecule has 0 aliphatic carbocycles. The maximum absolute atomic E-state index is 11.7. The lowest BCUT2D eigenvalue weighted by Gasteiger charge is -2.06. The molecule has 2 aromatic rings. The summed E-state index contributed by atoms with van der Waals surface area (Å²) in [7, 11) is 0. The monoisotopic (exact) mass is 231 g/mol. The van der Waals surface area contributed by atoms with Gasteiger partial charge in [0.15, 0.2) is 0 Å². The van der Waals surface area contributed by atoms with E-state index in [1.54, 1.807) is 30.3 Å². The average molecular weight is 231 g/mol. The Bertz CT molecular complexity index is 643. The zero-order chi connectivity index (χ0) is 12.3. The first-order chi connectivity index (χ1) is 8.16. The molecule has 0 saturated heterocycles. The topological polar surface area (TPSA) is 84.0 Å². The normalized spacial score (nSPS) is 9.88. The minimum atomic E-state index is -0.693. The van der Waals surface area contributed by atoms with Gasteiger partial charge >= 0.3 is 5.69 Å². The molecule has 2 rings (SSSR count). The van der Waals surface area contributed by atoms with Crippen LogP contribution in [0.2, 0.25) is 0 Å². The van der Waals surface area contributed by atoms with Crippen molar-refractivity contribution in [3.05, 3.63) is 69.0 Å². The van der Waals surface area contributed by atoms with Crippen LogP contribution >= 0.6 is 0 Å². The summed E-state index contributed by atoms with van der Waals surface area (Å²) in [5, 5.41) is 0. The molecule has 1 heterocycles. The summed E-state index contributed by atoms with van der Waals surface area (Å²) < 4.78 is 0.913. The molecule has 0 aliphatic rings. The molecule has 0 radical (unpaired) electrons. The number of aromatic amines is 1. The standard InChI is InChI=1S/C11H9N3O3/c15-9-6-7-14(11(17)12-9)13-10(16)8-4-2-1-3-5-8/h1-7H,(H,13,16)(H,12,15,17). The van der Waals surface area contributed by atoms with Gasteiger partial charge in [-0.2, -0.15) is 0 Å². The van der Waals surface area contributed by atoms with Crippen molar-refractivity contribution in [1.82, 2.24) is 9.66 Å². The van der Waals surface area contributed by atoms with Crippen LogP contribution in [0.5, 0.6) is 0 Å². The molecule has 1 aromatic heterocycles. The van der Waals surface area contributed by atoms with Gasteiger partial charge in [-0.15, -0.1) is 0 Å². The lowest BCUT2D eigenvalue weighted by molar-refractivity contribution is 0.101. The highest BCUT2D eigenvalue weighted by molar-refractivity contribution is 5.99. The summed E-state index contributed by atoms with van der Waals surface area (Å²) in [6.07, 6.45) is 1.20. The van der Waals surface area contributed by atoms with Crippen LogP contribution < -0.4 is 16.7 Å². The third-order valence-corrected chi connectivity index (χ3v) is 2.08. The predicted molar refractivity (Wildman–Crippen MR) is 61.5 cm³/mol. The molecule has 86 valence electrons. The second kappa shape index (κ2) is 4.48. The number of rotatable bonds is 2. The Morgan fingerprint density at radius 2 is 1.82 bits per heavy atom. The van der Waals surface area contributed by atoms with Gasteiger partial charge in [0, 0.05) is 17.8 Å². The fourth-order valence-electron chi connectivity index (χ4n) is 1.27. The first-order valence-electron chi connectivity index (χ1n) is 4.85. The van der Waals surface area contributed by atoms with Gasteiger partial charge in [-0.3, -0.25) is 20.0 Å². The Morgan fingerprint density at radius 3 is 2.47 bits per heavy atom. The molecule has 0 fully saturated rings. The molecular formula is C11H9N3O3. The summed E-state index contributed by atoms with van der Waals surface area (Å²) in [5.74, 6) is -0.431. The van der Waals surface area contributed by atoms with Crippen LogP contribution in [-0.2, 0) is 0 Å². The van der Waals surface area contributed by atoms with Crippen LogP contribution in [0.15, 0.2) is 52.2 Å². The quantitative estimate of drug-likeness (QED) is 0.758. The van der Waals surface area contributed by atoms with Crippen LogP contribution in [0.4, 0.5) is 0 Å². The maximum atomic E-state index is 11.7. The molecule has 6 nitrogen and oxygen atoms in total. The van der Waals surface area contributed by atoms with Crippen LogP contribution in [0.1, 0.15) is 10.4 Å². The van der Waals surface area contributed by atoms with Crippen molar-refractivity contribution in [1.29, 1.82) is 0 Å². The number of benzene rings is 1. The van der Waals surface area contributed by atoms with Gasteiger partial charge in [0.2, 0.25) is 0 Å². The van der Waals surface area contributed by atoms with Crippen molar-refractivity contribution >= 4 is 5.91 Å². The summed E-state index contributed by atoms with van der Waals surface area (Å²) in [4.78, 5) is 35.8. The number of carbonyl (C=O) groups excluding carboxylic acids is 1. The SMILES string of the molecule is O=C(Nn1ccc(=O)[nH]c1=O)c1ccccc1. The number of nitrogens with one attached hydrogen (secondary N) is 2. The van der Waals surface area contributed by atoms with Gasteiger partial charge in [0.1, 0.15) is 0 Å². The summed E-state index contributed by atoms with van der Waals surface area (Å²) in [6, 6.07) is 9.59. The zero-order valence-corrected chi connectivity index (χ0v) is 8.71. The molecule has 1 amide bonds. The van der Waals surface area contributed by atoms with Crippen molar-refractivity contribution in [2.24, 2.45) is 0 Å². The molecule has 0 saturated carbocycles. The number of aromatic nitrogens is 2. The fraction of sp³-hybridized carbons (Fsp3) is 0. The Labute approximate surface area is 95.5 Å². The highest BCUT2D eigenvalue weighted by Crippen LogP contribution is 1.97. The van der Waals surface area contributed by atoms with E-state index in [0.717, 1.165) is 10.7 Å². The van der Waals surface area contributed by atoms with Crippen LogP contribution in [0, 0.1) is 0 Å². The van der Waals surface area contributed by atoms with Crippen molar-refractivity contribution in [2.75, 3.05) is 5.43 Å². The predicted octanol–water partition coefficient (Wildman–Crippen LogP) is -0.0795. The molecule has 0 atom stereocenters. The van der Waals surface area contributed by atoms with E-state index in [4.69, 9.17) is 0 Å². The summed E-state index contributed by atoms with van der Waals surface area (Å²) >= 11 is 0. The Morgan fingerprint density at radius 1 is 1.12 bits per heavy atom. The Hall–Kier alpha value is -2.63. The van der Waals surface area contributed by atoms with E-state index in [0.29, 0.717) is 5.56 Å². The van der Waals surface area contributed by atoms with Crippen LogP contribution in [0.3, 0.4) is 0 Å². The van der Waals surface area contributed by atoms with E-state index in [9.17, 15) is 14.4 Å². The van der Waals surface area contributed by atoms with E-state index in [1.165, 1.54) is 6.20 Å². The molecule has 1 aromatic carbocycles. The largest absolute Gasteiger partial charge is 0.347 e. The Balaban J connectivity index is 2.25. The van der Waals surface area contributed by atoms with E-state index in [1.807, 2.05) is 4.98 Å². The van der Waals surface area contributed by atoms with Crippen LogP contribution in [-0.4, -0.2) is 15.6 Å². The number of amides is 1. The second-order valence-electron chi connectivity index (χ2n) is 3.29. The minimum Gasteiger partial charge on any atom is -0.273 e. The van der Waals surface area contributed by atoms with Gasteiger partial charge in [-0.05, 0) is 12.1 Å². The first-order valence-corrected chi connectivity index (χ1v) is 4.85. The van der Waals surface area contributed by atoms with E-state index >= 15 is 0 Å². The second-order valence-corrected chi connectivity index (χ2v) is 3.29. The molecular weight excluding hydrogens is 222 g/mol. The Kier molecular flexibility index (Phi) is 2.87. The summed E-state index contributed by atoms with van der Waals surface area (Å²) in [6.45, 7) is 0. The lowest BCUT2D eigenvalue weighted by atomic mass is 10.2. The maximum Gasteiger partial charge on any atom is 0.347 e. The number of H-pyrrole nitrogens is 1. The number of nitrogens with zero attached hydrogens (tertiary/aromatic N) is 1. The molecule has 17 heavy (non-hydrogen) atoms. The third-order valence-electron chi connectivity index (χ3n) is 2.08. The van der Waals surface area contributed by atoms with Crippen molar-refractivity contribution in [2.45, 2.75) is 0 Å². The summed E-state index contributed by atoms with van der Waals surface area (Å²) in [5.41, 5.74) is 1.56. The van der Waals surface area contributed by atoms with Crippen molar-refractivity contribution < 1.29 is 4.79 Å². The molecule has 0 spiro atoms. The first kappa shape index (κ1) is 10.9. The van der Waals surface area contributed by atoms with Gasteiger partial charge in [-0.1, -0.05) is 18.2 Å². The van der Waals surface area contributed by atoms with E-state index in [2.05, 4.69) is 5.43 Å². The molecule has 0 unspecified atom stereocenters. The number of hydrogen-bond donors (Lipinski definition) is 2. The zero-order valence-electron chi connectivity index (χ0n) is 8.71. The number of hydrogen-bond acceptors (Lipinski definition) is 3. The lowest BCUT2D eigenvalue weighted by Crippen LogP contribution is -2.37. The smallest absolute Gasteiger partial charge is 0.273 e. The van der Waals surface area contributed by atoms with Crippen molar-refractivity contribution in [3.63, 3.8) is 0 Å². The van der Waals surface area contributed by atoms with E-state index < -0.39 is 17.2 Å². The van der Waals surface area contributed by atoms with Crippen molar-refractivity contribution in [3.8, 4) is 0 Å². The average Bonchev–Trinajstić information content (AvgIpc) is 2.34. The van der Waals surface area contributed by atoms with Crippen LogP contribution in [0.25, 0.3) is 0 Å². The highest BCUT2D eigenvalue weighted by Gasteiger charge is 2.05. The molecule has 6 heteroatoms. The molecule has 0 aliphatic heterocycles. The van der Waals surface area contributed by atoms with Gasteiger partial charge in [0.25, 0.3) is 11.5 Å². The highest BCUT2D eigenvalue weighted by atomic mass is 16.2. The minimum absolute atomic E-state index is 0.422.